The van der Waals surface area contributed by atoms with Crippen molar-refractivity contribution in [1.82, 2.24) is 10.3 Å². The molecule has 1 unspecified atom stereocenters. The molecule has 0 saturated heterocycles. The topological polar surface area (TPSA) is 65.5 Å². The highest BCUT2D eigenvalue weighted by atomic mass is 79.9. The predicted octanol–water partition coefficient (Wildman–Crippen LogP) is 1.66. The highest BCUT2D eigenvalue weighted by Gasteiger charge is 2.17. The maximum absolute atomic E-state index is 12.1. The third-order valence-corrected chi connectivity index (χ3v) is 3.18. The molecule has 0 radical (unpaired) electrons. The fourth-order valence-electron chi connectivity index (χ4n) is 1.48. The van der Waals surface area contributed by atoms with Gasteiger partial charge in [-0.05, 0) is 27.9 Å². The Labute approximate surface area is 122 Å². The van der Waals surface area contributed by atoms with Crippen molar-refractivity contribution in [2.24, 2.45) is 5.92 Å². The van der Waals surface area contributed by atoms with Gasteiger partial charge in [0.05, 0.1) is 11.7 Å². The van der Waals surface area contributed by atoms with E-state index in [1.54, 1.807) is 17.2 Å². The van der Waals surface area contributed by atoms with Crippen LogP contribution in [0.4, 0.5) is 5.82 Å². The Hall–Kier alpha value is -1.14. The fourth-order valence-corrected chi connectivity index (χ4v) is 1.82. The Bertz CT molecular complexity index is 450. The Balaban J connectivity index is 2.84. The lowest BCUT2D eigenvalue weighted by Gasteiger charge is -2.18. The van der Waals surface area contributed by atoms with E-state index < -0.39 is 6.10 Å². The van der Waals surface area contributed by atoms with Gasteiger partial charge in [0, 0.05) is 31.3 Å². The van der Waals surface area contributed by atoms with Gasteiger partial charge in [-0.25, -0.2) is 4.98 Å². The molecule has 2 N–H and O–H groups in total. The Morgan fingerprint density at radius 1 is 1.53 bits per heavy atom. The second-order valence-corrected chi connectivity index (χ2v) is 5.86. The first-order valence-corrected chi connectivity index (χ1v) is 6.91. The highest BCUT2D eigenvalue weighted by Crippen LogP contribution is 2.19. The normalized spacial score (nSPS) is 12.4. The van der Waals surface area contributed by atoms with E-state index in [0.29, 0.717) is 11.4 Å². The van der Waals surface area contributed by atoms with Crippen LogP contribution in [0.3, 0.4) is 0 Å². The van der Waals surface area contributed by atoms with Crippen LogP contribution in [0, 0.1) is 5.92 Å². The smallest absolute Gasteiger partial charge is 0.255 e. The van der Waals surface area contributed by atoms with Gasteiger partial charge in [0.15, 0.2) is 0 Å². The van der Waals surface area contributed by atoms with Gasteiger partial charge >= 0.3 is 0 Å². The third kappa shape index (κ3) is 4.47. The summed E-state index contributed by atoms with van der Waals surface area (Å²) < 4.78 is 0.743. The first kappa shape index (κ1) is 15.9. The number of carbonyl (C=O) groups excluding carboxylic acids is 1. The zero-order valence-corrected chi connectivity index (χ0v) is 13.2. The summed E-state index contributed by atoms with van der Waals surface area (Å²) in [6.45, 7) is 4.04. The number of anilines is 1. The molecule has 1 amide bonds. The van der Waals surface area contributed by atoms with Gasteiger partial charge in [-0.3, -0.25) is 4.79 Å². The molecule has 1 aromatic heterocycles. The SMILES string of the molecule is CC(C)C(O)CNC(=O)c1cc(Br)cnc1N(C)C. The van der Waals surface area contributed by atoms with Gasteiger partial charge in [0.25, 0.3) is 5.91 Å². The van der Waals surface area contributed by atoms with E-state index in [2.05, 4.69) is 26.2 Å². The van der Waals surface area contributed by atoms with Crippen molar-refractivity contribution in [2.75, 3.05) is 25.5 Å². The van der Waals surface area contributed by atoms with Crippen molar-refractivity contribution in [2.45, 2.75) is 20.0 Å². The summed E-state index contributed by atoms with van der Waals surface area (Å²) in [4.78, 5) is 18.1. The molecule has 0 fully saturated rings. The summed E-state index contributed by atoms with van der Waals surface area (Å²) in [5.41, 5.74) is 0.482. The summed E-state index contributed by atoms with van der Waals surface area (Å²) in [5, 5.41) is 12.4. The van der Waals surface area contributed by atoms with Crippen LogP contribution in [-0.2, 0) is 0 Å². The first-order valence-electron chi connectivity index (χ1n) is 6.12. The molecular formula is C13H20BrN3O2. The van der Waals surface area contributed by atoms with Gasteiger partial charge in [0.1, 0.15) is 5.82 Å². The zero-order valence-electron chi connectivity index (χ0n) is 11.6. The van der Waals surface area contributed by atoms with Crippen molar-refractivity contribution in [3.05, 3.63) is 22.3 Å². The lowest BCUT2D eigenvalue weighted by molar-refractivity contribution is 0.0871. The van der Waals surface area contributed by atoms with Crippen molar-refractivity contribution in [1.29, 1.82) is 0 Å². The highest BCUT2D eigenvalue weighted by molar-refractivity contribution is 9.10. The quantitative estimate of drug-likeness (QED) is 0.862. The van der Waals surface area contributed by atoms with Crippen molar-refractivity contribution in [3.63, 3.8) is 0 Å². The number of nitrogens with zero attached hydrogens (tertiary/aromatic N) is 2. The van der Waals surface area contributed by atoms with Crippen molar-refractivity contribution >= 4 is 27.7 Å². The maximum atomic E-state index is 12.1. The van der Waals surface area contributed by atoms with E-state index in [4.69, 9.17) is 0 Å². The second-order valence-electron chi connectivity index (χ2n) is 4.94. The number of hydrogen-bond acceptors (Lipinski definition) is 4. The van der Waals surface area contributed by atoms with E-state index in [-0.39, 0.29) is 18.4 Å². The Morgan fingerprint density at radius 2 is 2.16 bits per heavy atom. The molecule has 0 saturated carbocycles. The molecular weight excluding hydrogens is 310 g/mol. The minimum absolute atomic E-state index is 0.106. The number of halogens is 1. The van der Waals surface area contributed by atoms with Crippen molar-refractivity contribution < 1.29 is 9.90 Å². The van der Waals surface area contributed by atoms with Crippen LogP contribution in [0.5, 0.6) is 0 Å². The molecule has 1 atom stereocenters. The minimum atomic E-state index is -0.549. The maximum Gasteiger partial charge on any atom is 0.255 e. The second kappa shape index (κ2) is 6.86. The number of aliphatic hydroxyl groups is 1. The van der Waals surface area contributed by atoms with E-state index in [9.17, 15) is 9.90 Å². The molecule has 1 rings (SSSR count). The number of carbonyl (C=O) groups is 1. The summed E-state index contributed by atoms with van der Waals surface area (Å²) in [6.07, 6.45) is 1.10. The molecule has 0 aliphatic carbocycles. The molecule has 0 aromatic carbocycles. The molecule has 0 bridgehead atoms. The van der Waals surface area contributed by atoms with Gasteiger partial charge in [0.2, 0.25) is 0 Å². The minimum Gasteiger partial charge on any atom is -0.391 e. The van der Waals surface area contributed by atoms with Gasteiger partial charge in [-0.2, -0.15) is 0 Å². The number of amides is 1. The van der Waals surface area contributed by atoms with Crippen LogP contribution in [0.1, 0.15) is 24.2 Å². The van der Waals surface area contributed by atoms with Crippen LogP contribution >= 0.6 is 15.9 Å². The summed E-state index contributed by atoms with van der Waals surface area (Å²) in [7, 11) is 3.66. The molecule has 0 spiro atoms. The molecule has 5 nitrogen and oxygen atoms in total. The fraction of sp³-hybridized carbons (Fsp3) is 0.538. The molecule has 1 heterocycles. The first-order chi connectivity index (χ1) is 8.82. The van der Waals surface area contributed by atoms with Crippen LogP contribution in [-0.4, -0.2) is 42.7 Å². The predicted molar refractivity (Wildman–Crippen MR) is 79.4 cm³/mol. The van der Waals surface area contributed by atoms with Crippen LogP contribution in [0.15, 0.2) is 16.7 Å². The number of aliphatic hydroxyl groups excluding tert-OH is 1. The largest absolute Gasteiger partial charge is 0.391 e. The lowest BCUT2D eigenvalue weighted by atomic mass is 10.1. The van der Waals surface area contributed by atoms with Gasteiger partial charge < -0.3 is 15.3 Å². The summed E-state index contributed by atoms with van der Waals surface area (Å²) in [5.74, 6) is 0.464. The molecule has 106 valence electrons. The van der Waals surface area contributed by atoms with Crippen LogP contribution in [0.2, 0.25) is 0 Å². The summed E-state index contributed by atoms with van der Waals surface area (Å²) >= 11 is 3.31. The number of hydrogen-bond donors (Lipinski definition) is 2. The van der Waals surface area contributed by atoms with E-state index in [0.717, 1.165) is 4.47 Å². The molecule has 0 aliphatic rings. The summed E-state index contributed by atoms with van der Waals surface area (Å²) in [6, 6.07) is 1.72. The molecule has 6 heteroatoms. The lowest BCUT2D eigenvalue weighted by Crippen LogP contribution is -2.35. The Morgan fingerprint density at radius 3 is 2.68 bits per heavy atom. The van der Waals surface area contributed by atoms with E-state index in [1.165, 1.54) is 0 Å². The monoisotopic (exact) mass is 329 g/mol. The molecule has 0 aliphatic heterocycles. The zero-order chi connectivity index (χ0) is 14.6. The average Bonchev–Trinajstić information content (AvgIpc) is 2.34. The number of nitrogens with one attached hydrogen (secondary N) is 1. The number of aromatic nitrogens is 1. The molecule has 1 aromatic rings. The van der Waals surface area contributed by atoms with Crippen LogP contribution < -0.4 is 10.2 Å². The van der Waals surface area contributed by atoms with E-state index in [1.807, 2.05) is 27.9 Å². The average molecular weight is 330 g/mol. The number of pyridine rings is 1. The Kier molecular flexibility index (Phi) is 5.75. The number of rotatable bonds is 5. The van der Waals surface area contributed by atoms with Crippen molar-refractivity contribution in [3.8, 4) is 0 Å². The standard InChI is InChI=1S/C13H20BrN3O2/c1-8(2)11(18)7-16-13(19)10-5-9(14)6-15-12(10)17(3)4/h5-6,8,11,18H,7H2,1-4H3,(H,16,19). The van der Waals surface area contributed by atoms with Crippen LogP contribution in [0.25, 0.3) is 0 Å². The third-order valence-electron chi connectivity index (χ3n) is 2.74. The van der Waals surface area contributed by atoms with E-state index >= 15 is 0 Å². The van der Waals surface area contributed by atoms with Gasteiger partial charge in [-0.1, -0.05) is 13.8 Å². The van der Waals surface area contributed by atoms with Gasteiger partial charge in [-0.15, -0.1) is 0 Å². The molecule has 19 heavy (non-hydrogen) atoms.